The third-order valence-corrected chi connectivity index (χ3v) is 4.66. The molecule has 0 amide bonds. The maximum Gasteiger partial charge on any atom is 0.0772 e. The second kappa shape index (κ2) is 8.52. The molecule has 1 fully saturated rings. The van der Waals surface area contributed by atoms with Crippen LogP contribution in [0.3, 0.4) is 0 Å². The molecule has 0 aromatic heterocycles. The number of hydrazine groups is 1. The van der Waals surface area contributed by atoms with Crippen LogP contribution >= 0.6 is 0 Å². The van der Waals surface area contributed by atoms with E-state index in [0.29, 0.717) is 5.92 Å². The van der Waals surface area contributed by atoms with Crippen molar-refractivity contribution < 1.29 is 4.74 Å². The summed E-state index contributed by atoms with van der Waals surface area (Å²) >= 11 is 0. The lowest BCUT2D eigenvalue weighted by atomic mass is 9.81. The molecule has 0 spiro atoms. The number of hydrogen-bond acceptors (Lipinski definition) is 3. The van der Waals surface area contributed by atoms with Crippen LogP contribution in [0, 0.1) is 12.8 Å². The van der Waals surface area contributed by atoms with Crippen molar-refractivity contribution in [2.24, 2.45) is 11.8 Å². The zero-order valence-corrected chi connectivity index (χ0v) is 13.5. The van der Waals surface area contributed by atoms with Gasteiger partial charge in [-0.25, -0.2) is 0 Å². The smallest absolute Gasteiger partial charge is 0.0772 e. The molecule has 2 unspecified atom stereocenters. The Hall–Kier alpha value is -0.900. The van der Waals surface area contributed by atoms with Gasteiger partial charge in [0.25, 0.3) is 0 Å². The van der Waals surface area contributed by atoms with Gasteiger partial charge in [0.15, 0.2) is 0 Å². The normalized spacial score (nSPS) is 19.4. The topological polar surface area (TPSA) is 47.3 Å². The van der Waals surface area contributed by atoms with Crippen LogP contribution in [-0.2, 0) is 11.2 Å². The number of aryl methyl sites for hydroxylation is 1. The van der Waals surface area contributed by atoms with E-state index < -0.39 is 0 Å². The van der Waals surface area contributed by atoms with Crippen LogP contribution in [0.15, 0.2) is 24.3 Å². The maximum absolute atomic E-state index is 6.09. The highest BCUT2D eigenvalue weighted by Crippen LogP contribution is 2.30. The first-order valence-electron chi connectivity index (χ1n) is 8.38. The fourth-order valence-corrected chi connectivity index (χ4v) is 3.48. The summed E-state index contributed by atoms with van der Waals surface area (Å²) in [5.74, 6) is 6.50. The third-order valence-electron chi connectivity index (χ3n) is 4.66. The summed E-state index contributed by atoms with van der Waals surface area (Å²) in [4.78, 5) is 0. The number of benzene rings is 1. The van der Waals surface area contributed by atoms with Crippen molar-refractivity contribution in [3.63, 3.8) is 0 Å². The Kier molecular flexibility index (Phi) is 6.68. The van der Waals surface area contributed by atoms with Gasteiger partial charge in [0.05, 0.1) is 12.1 Å². The summed E-state index contributed by atoms with van der Waals surface area (Å²) in [6.45, 7) is 4.95. The minimum atomic E-state index is 0.191. The van der Waals surface area contributed by atoms with E-state index in [9.17, 15) is 0 Å². The minimum Gasteiger partial charge on any atom is -0.377 e. The predicted octanol–water partition coefficient (Wildman–Crippen LogP) is 3.35. The third kappa shape index (κ3) is 4.80. The van der Waals surface area contributed by atoms with Crippen LogP contribution in [0.5, 0.6) is 0 Å². The second-order valence-corrected chi connectivity index (χ2v) is 6.28. The predicted molar refractivity (Wildman–Crippen MR) is 88.0 cm³/mol. The van der Waals surface area contributed by atoms with Crippen LogP contribution in [0.25, 0.3) is 0 Å². The monoisotopic (exact) mass is 290 g/mol. The number of nitrogens with one attached hydrogen (secondary N) is 1. The van der Waals surface area contributed by atoms with Crippen LogP contribution in [0.1, 0.15) is 50.2 Å². The van der Waals surface area contributed by atoms with Crippen LogP contribution in [0.4, 0.5) is 0 Å². The summed E-state index contributed by atoms with van der Waals surface area (Å²) in [5, 5.41) is 0. The Bertz CT molecular complexity index is 398. The van der Waals surface area contributed by atoms with E-state index in [4.69, 9.17) is 10.6 Å². The largest absolute Gasteiger partial charge is 0.377 e. The summed E-state index contributed by atoms with van der Waals surface area (Å²) < 4.78 is 6.09. The van der Waals surface area contributed by atoms with Crippen molar-refractivity contribution in [2.75, 3.05) is 6.61 Å². The van der Waals surface area contributed by atoms with Crippen molar-refractivity contribution in [2.45, 2.75) is 64.5 Å². The van der Waals surface area contributed by atoms with E-state index in [1.54, 1.807) is 0 Å². The molecule has 0 saturated heterocycles. The van der Waals surface area contributed by atoms with E-state index in [1.165, 1.54) is 43.2 Å². The molecule has 1 aliphatic rings. The lowest BCUT2D eigenvalue weighted by molar-refractivity contribution is -0.0175. The molecule has 3 N–H and O–H groups in total. The zero-order valence-electron chi connectivity index (χ0n) is 13.5. The highest BCUT2D eigenvalue weighted by molar-refractivity contribution is 5.22. The molecule has 1 aromatic carbocycles. The molecule has 1 aromatic rings. The molecule has 3 nitrogen and oxygen atoms in total. The molecule has 0 aliphatic heterocycles. The Morgan fingerprint density at radius 1 is 1.19 bits per heavy atom. The van der Waals surface area contributed by atoms with Gasteiger partial charge in [0, 0.05) is 6.61 Å². The van der Waals surface area contributed by atoms with Gasteiger partial charge >= 0.3 is 0 Å². The average molecular weight is 290 g/mol. The summed E-state index contributed by atoms with van der Waals surface area (Å²) in [6.07, 6.45) is 7.73. The van der Waals surface area contributed by atoms with E-state index in [-0.39, 0.29) is 12.1 Å². The zero-order chi connectivity index (χ0) is 15.1. The first-order chi connectivity index (χ1) is 10.2. The van der Waals surface area contributed by atoms with Gasteiger partial charge in [0.2, 0.25) is 0 Å². The standard InChI is InChI=1S/C18H30N2O/c1-3-21-18(16-7-5-4-6-8-16)17(20-19)13-15-11-9-14(2)10-12-15/h9-12,16-18,20H,3-8,13,19H2,1-2H3. The Morgan fingerprint density at radius 2 is 1.86 bits per heavy atom. The van der Waals surface area contributed by atoms with Crippen molar-refractivity contribution in [1.29, 1.82) is 0 Å². The van der Waals surface area contributed by atoms with E-state index in [1.807, 2.05) is 0 Å². The maximum atomic E-state index is 6.09. The van der Waals surface area contributed by atoms with E-state index in [0.717, 1.165) is 13.0 Å². The molecule has 2 rings (SSSR count). The molecule has 3 heteroatoms. The minimum absolute atomic E-state index is 0.191. The molecule has 1 aliphatic carbocycles. The number of rotatable bonds is 7. The highest BCUT2D eigenvalue weighted by Gasteiger charge is 2.30. The van der Waals surface area contributed by atoms with Crippen LogP contribution < -0.4 is 11.3 Å². The Morgan fingerprint density at radius 3 is 2.43 bits per heavy atom. The van der Waals surface area contributed by atoms with Crippen molar-refractivity contribution in [3.05, 3.63) is 35.4 Å². The number of hydrogen-bond donors (Lipinski definition) is 2. The molecular formula is C18H30N2O. The van der Waals surface area contributed by atoms with Crippen molar-refractivity contribution in [3.8, 4) is 0 Å². The van der Waals surface area contributed by atoms with Gasteiger partial charge in [-0.15, -0.1) is 0 Å². The molecule has 2 atom stereocenters. The van der Waals surface area contributed by atoms with E-state index >= 15 is 0 Å². The lowest BCUT2D eigenvalue weighted by Gasteiger charge is -2.35. The first-order valence-corrected chi connectivity index (χ1v) is 8.38. The molecular weight excluding hydrogens is 260 g/mol. The molecule has 0 bridgehead atoms. The molecule has 1 saturated carbocycles. The van der Waals surface area contributed by atoms with Crippen molar-refractivity contribution >= 4 is 0 Å². The van der Waals surface area contributed by atoms with Crippen LogP contribution in [-0.4, -0.2) is 18.8 Å². The molecule has 0 heterocycles. The van der Waals surface area contributed by atoms with E-state index in [2.05, 4.69) is 43.5 Å². The fraction of sp³-hybridized carbons (Fsp3) is 0.667. The van der Waals surface area contributed by atoms with Crippen LogP contribution in [0.2, 0.25) is 0 Å². The molecule has 0 radical (unpaired) electrons. The Balaban J connectivity index is 2.05. The first kappa shape index (κ1) is 16.5. The Labute approximate surface area is 129 Å². The van der Waals surface area contributed by atoms with Gasteiger partial charge in [-0.05, 0) is 44.6 Å². The summed E-state index contributed by atoms with van der Waals surface area (Å²) in [6, 6.07) is 8.92. The summed E-state index contributed by atoms with van der Waals surface area (Å²) in [5.41, 5.74) is 5.64. The number of ether oxygens (including phenoxy) is 1. The van der Waals surface area contributed by atoms with Gasteiger partial charge in [-0.2, -0.15) is 0 Å². The van der Waals surface area contributed by atoms with Gasteiger partial charge in [-0.3, -0.25) is 11.3 Å². The molecule has 21 heavy (non-hydrogen) atoms. The summed E-state index contributed by atoms with van der Waals surface area (Å²) in [7, 11) is 0. The van der Waals surface area contributed by atoms with Gasteiger partial charge < -0.3 is 4.74 Å². The molecule has 118 valence electrons. The SMILES string of the molecule is CCOC(C1CCCCC1)C(Cc1ccc(C)cc1)NN. The second-order valence-electron chi connectivity index (χ2n) is 6.28. The highest BCUT2D eigenvalue weighted by atomic mass is 16.5. The van der Waals surface area contributed by atoms with Crippen molar-refractivity contribution in [1.82, 2.24) is 5.43 Å². The quantitative estimate of drug-likeness (QED) is 0.598. The number of nitrogens with two attached hydrogens (primary N) is 1. The van der Waals surface area contributed by atoms with Gasteiger partial charge in [0.1, 0.15) is 0 Å². The fourth-order valence-electron chi connectivity index (χ4n) is 3.48. The average Bonchev–Trinajstić information content (AvgIpc) is 2.53. The van der Waals surface area contributed by atoms with Gasteiger partial charge in [-0.1, -0.05) is 49.1 Å². The lowest BCUT2D eigenvalue weighted by Crippen LogP contribution is -2.50.